The molecular weight excluding hydrogens is 482 g/mol. The summed E-state index contributed by atoms with van der Waals surface area (Å²) >= 11 is 0. The molecule has 0 aliphatic heterocycles. The number of carboxylic acid groups (broad SMARTS) is 2. The Kier molecular flexibility index (Phi) is 30.4. The van der Waals surface area contributed by atoms with Crippen LogP contribution in [0.1, 0.15) is 39.0 Å². The minimum absolute atomic E-state index is 0. The molecule has 0 bridgehead atoms. The van der Waals surface area contributed by atoms with E-state index in [1.165, 1.54) is 12.8 Å². The molecule has 2 atom stereocenters. The van der Waals surface area contributed by atoms with Crippen LogP contribution in [0.3, 0.4) is 0 Å². The van der Waals surface area contributed by atoms with Gasteiger partial charge in [-0.3, -0.25) is 4.55 Å². The van der Waals surface area contributed by atoms with Crippen molar-refractivity contribution in [1.82, 2.24) is 0 Å². The Morgan fingerprint density at radius 1 is 1.14 bits per heavy atom. The molecule has 0 heterocycles. The van der Waals surface area contributed by atoms with E-state index in [1.54, 1.807) is 0 Å². The van der Waals surface area contributed by atoms with Crippen LogP contribution >= 0.6 is 0 Å². The third-order valence-corrected chi connectivity index (χ3v) is 4.30. The number of benzene rings is 1. The molecule has 0 aromatic heterocycles. The van der Waals surface area contributed by atoms with Gasteiger partial charge in [-0.1, -0.05) is 38.0 Å². The van der Waals surface area contributed by atoms with Crippen LogP contribution in [-0.2, 0) is 19.7 Å². The van der Waals surface area contributed by atoms with E-state index in [2.05, 4.69) is 13.8 Å². The van der Waals surface area contributed by atoms with E-state index >= 15 is 0 Å². The fraction of sp³-hybridized carbons (Fsp3) is 0.471. The van der Waals surface area contributed by atoms with E-state index in [4.69, 9.17) is 9.29 Å². The fourth-order valence-electron chi connectivity index (χ4n) is 1.85. The molecule has 0 fully saturated rings. The summed E-state index contributed by atoms with van der Waals surface area (Å²) in [7, 11) is -4.94. The molecule has 2 unspecified atom stereocenters. The van der Waals surface area contributed by atoms with Gasteiger partial charge in [-0.25, -0.2) is 0 Å². The van der Waals surface area contributed by atoms with Crippen molar-refractivity contribution in [2.75, 3.05) is 0 Å². The number of hydrogen-bond donors (Lipinski definition) is 1. The first kappa shape index (κ1) is 39.0. The Morgan fingerprint density at radius 2 is 1.66 bits per heavy atom. The third kappa shape index (κ3) is 21.1. The molecular formula is C17H23K3O8S. The normalized spacial score (nSPS) is 11.7. The molecule has 0 spiro atoms. The average Bonchev–Trinajstić information content (AvgIpc) is 2.56. The molecule has 0 saturated heterocycles. The molecule has 148 valence electrons. The number of aliphatic carboxylic acids is 2. The third-order valence-electron chi connectivity index (χ3n) is 3.22. The van der Waals surface area contributed by atoms with Gasteiger partial charge < -0.3 is 31.5 Å². The zero-order chi connectivity index (χ0) is 20.2. The summed E-state index contributed by atoms with van der Waals surface area (Å²) in [6.45, 7) is 6.11. The van der Waals surface area contributed by atoms with Crippen LogP contribution in [-0.4, -0.2) is 36.3 Å². The molecule has 1 aromatic rings. The quantitative estimate of drug-likeness (QED) is 0.188. The smallest absolute Gasteiger partial charge is 0.550 e. The Hall–Kier alpha value is 2.78. The van der Waals surface area contributed by atoms with E-state index in [0.717, 1.165) is 18.6 Å². The molecule has 29 heavy (non-hydrogen) atoms. The molecule has 12 heteroatoms. The summed E-state index contributed by atoms with van der Waals surface area (Å²) in [6, 6.07) is 9.98. The van der Waals surface area contributed by atoms with Crippen molar-refractivity contribution in [3.8, 4) is 5.75 Å². The number of hydrogen-bond acceptors (Lipinski definition) is 7. The Balaban J connectivity index is -0.000000198. The van der Waals surface area contributed by atoms with Gasteiger partial charge in [0.25, 0.3) is 10.1 Å². The van der Waals surface area contributed by atoms with Crippen molar-refractivity contribution < 1.29 is 192 Å². The first-order chi connectivity index (χ1) is 12.1. The van der Waals surface area contributed by atoms with Gasteiger partial charge in [-0.15, -0.1) is 6.42 Å². The number of unbranched alkanes of at least 4 members (excludes halogenated alkanes) is 1. The molecule has 1 N–H and O–H groups in total. The van der Waals surface area contributed by atoms with E-state index in [1.807, 2.05) is 30.3 Å². The van der Waals surface area contributed by atoms with Crippen molar-refractivity contribution in [2.24, 2.45) is 0 Å². The summed E-state index contributed by atoms with van der Waals surface area (Å²) in [4.78, 5) is 19.7. The van der Waals surface area contributed by atoms with Crippen LogP contribution in [0.4, 0.5) is 0 Å². The second kappa shape index (κ2) is 22.6. The standard InChI is InChI=1S/C13H19O.C4H6O7S.3K/c1-3-5-9-12(4-2)14-13-10-7-6-8-11-13;5-3(6)1-2(4(7)8)12(9,10)11;;;/h6-8,10-12H,2-5,9H2,1H3;2H,1H2,(H,5,6)(H,7,8)(H,9,10,11);;;/q-1;;3*+1/p-2. The Bertz CT molecular complexity index is 656. The van der Waals surface area contributed by atoms with Gasteiger partial charge in [0.1, 0.15) is 11.0 Å². The molecule has 8 nitrogen and oxygen atoms in total. The van der Waals surface area contributed by atoms with E-state index in [-0.39, 0.29) is 160 Å². The average molecular weight is 505 g/mol. The molecule has 0 aliphatic carbocycles. The molecule has 1 aromatic carbocycles. The first-order valence-corrected chi connectivity index (χ1v) is 9.50. The topological polar surface area (TPSA) is 144 Å². The minimum Gasteiger partial charge on any atom is -0.550 e. The molecule has 0 radical (unpaired) electrons. The van der Waals surface area contributed by atoms with E-state index in [9.17, 15) is 28.2 Å². The van der Waals surface area contributed by atoms with Gasteiger partial charge in [0.2, 0.25) is 0 Å². The van der Waals surface area contributed by atoms with Gasteiger partial charge in [0.05, 0.1) is 12.1 Å². The van der Waals surface area contributed by atoms with Crippen LogP contribution in [0.5, 0.6) is 5.75 Å². The van der Waals surface area contributed by atoms with Gasteiger partial charge in [-0.05, 0) is 18.6 Å². The largest absolute Gasteiger partial charge is 1.00 e. The van der Waals surface area contributed by atoms with Gasteiger partial charge in [0, 0.05) is 12.4 Å². The van der Waals surface area contributed by atoms with Crippen molar-refractivity contribution in [2.45, 2.75) is 50.4 Å². The van der Waals surface area contributed by atoms with Crippen LogP contribution in [0.2, 0.25) is 0 Å². The van der Waals surface area contributed by atoms with Crippen molar-refractivity contribution in [1.29, 1.82) is 0 Å². The minimum atomic E-state index is -4.94. The second-order valence-corrected chi connectivity index (χ2v) is 6.98. The van der Waals surface area contributed by atoms with Gasteiger partial charge >= 0.3 is 154 Å². The first-order valence-electron chi connectivity index (χ1n) is 7.99. The van der Waals surface area contributed by atoms with Crippen molar-refractivity contribution >= 4 is 22.1 Å². The summed E-state index contributed by atoms with van der Waals surface area (Å²) in [5.41, 5.74) is 0. The number of carboxylic acids is 2. The maximum absolute atomic E-state index is 10.2. The van der Waals surface area contributed by atoms with Crippen LogP contribution in [0.25, 0.3) is 0 Å². The molecule has 0 saturated carbocycles. The molecule has 0 aliphatic rings. The number of carbonyl (C=O) groups is 2. The Morgan fingerprint density at radius 3 is 1.97 bits per heavy atom. The van der Waals surface area contributed by atoms with Crippen molar-refractivity contribution in [3.63, 3.8) is 0 Å². The van der Waals surface area contributed by atoms with Gasteiger partial charge in [0.15, 0.2) is 0 Å². The predicted molar refractivity (Wildman–Crippen MR) is 90.3 cm³/mol. The summed E-state index contributed by atoms with van der Waals surface area (Å²) in [5.74, 6) is -3.12. The molecule has 1 rings (SSSR count). The number of ether oxygens (including phenoxy) is 1. The van der Waals surface area contributed by atoms with Crippen molar-refractivity contribution in [3.05, 3.63) is 37.3 Å². The summed E-state index contributed by atoms with van der Waals surface area (Å²) in [6.07, 6.45) is 3.32. The summed E-state index contributed by atoms with van der Waals surface area (Å²) < 4.78 is 34.3. The summed E-state index contributed by atoms with van der Waals surface area (Å²) in [5, 5.41) is 17.3. The SMILES string of the molecule is O=C([O-])CC(C(=O)[O-])S(=O)(=O)O.[CH2-]CC(CCCC)Oc1ccccc1.[K+].[K+].[K+]. The zero-order valence-electron chi connectivity index (χ0n) is 17.5. The van der Waals surface area contributed by atoms with E-state index < -0.39 is 33.7 Å². The number of carbonyl (C=O) groups excluding carboxylic acids is 2. The molecule has 0 amide bonds. The Labute approximate surface area is 300 Å². The fourth-order valence-corrected chi connectivity index (χ4v) is 2.44. The second-order valence-electron chi connectivity index (χ2n) is 5.38. The van der Waals surface area contributed by atoms with Gasteiger partial charge in [-0.2, -0.15) is 8.42 Å². The zero-order valence-corrected chi connectivity index (χ0v) is 27.7. The van der Waals surface area contributed by atoms with Crippen LogP contribution in [0.15, 0.2) is 30.3 Å². The van der Waals surface area contributed by atoms with Crippen LogP contribution < -0.4 is 169 Å². The van der Waals surface area contributed by atoms with Crippen LogP contribution in [0, 0.1) is 6.92 Å². The predicted octanol–water partition coefficient (Wildman–Crippen LogP) is -9.01. The van der Waals surface area contributed by atoms with E-state index in [0.29, 0.717) is 0 Å². The maximum Gasteiger partial charge on any atom is 1.00 e. The number of rotatable bonds is 10. The number of para-hydroxylation sites is 1. The monoisotopic (exact) mass is 504 g/mol. The maximum atomic E-state index is 10.2.